The summed E-state index contributed by atoms with van der Waals surface area (Å²) in [6.07, 6.45) is 2.40. The number of nitrogens with zero attached hydrogens (tertiary/aromatic N) is 1. The van der Waals surface area contributed by atoms with Gasteiger partial charge in [-0.05, 0) is 6.07 Å². The van der Waals surface area contributed by atoms with Crippen LogP contribution in [0.3, 0.4) is 0 Å². The van der Waals surface area contributed by atoms with Crippen molar-refractivity contribution >= 4 is 11.8 Å². The molecule has 0 radical (unpaired) electrons. The monoisotopic (exact) mass is 209 g/mol. The molecular weight excluding hydrogens is 194 g/mol. The lowest BCUT2D eigenvalue weighted by molar-refractivity contribution is 0.169. The van der Waals surface area contributed by atoms with Crippen LogP contribution >= 0.6 is 0 Å². The fourth-order valence-electron chi connectivity index (χ4n) is 1.71. The number of nitrogens with two attached hydrogens (primary N) is 2. The molecule has 82 valence electrons. The predicted octanol–water partition coefficient (Wildman–Crippen LogP) is -0.0971. The SMILES string of the molecule is COCCC1(N)N=C(N)Nc2[nH]ccc21. The number of hydrogen-bond acceptors (Lipinski definition) is 5. The average Bonchev–Trinajstić information content (AvgIpc) is 2.63. The number of fused-ring (bicyclic) bond motifs is 1. The summed E-state index contributed by atoms with van der Waals surface area (Å²) in [5.41, 5.74) is 12.0. The highest BCUT2D eigenvalue weighted by Crippen LogP contribution is 2.32. The Morgan fingerprint density at radius 2 is 2.40 bits per heavy atom. The minimum absolute atomic E-state index is 0.323. The van der Waals surface area contributed by atoms with Crippen LogP contribution in [0.25, 0.3) is 0 Å². The Balaban J connectivity index is 2.32. The molecule has 2 rings (SSSR count). The fraction of sp³-hybridized carbons (Fsp3) is 0.444. The number of ether oxygens (including phenoxy) is 1. The van der Waals surface area contributed by atoms with E-state index in [-0.39, 0.29) is 0 Å². The van der Waals surface area contributed by atoms with Crippen LogP contribution in [0.1, 0.15) is 12.0 Å². The third-order valence-corrected chi connectivity index (χ3v) is 2.47. The maximum atomic E-state index is 6.18. The maximum Gasteiger partial charge on any atom is 0.196 e. The van der Waals surface area contributed by atoms with Crippen molar-refractivity contribution in [2.45, 2.75) is 12.1 Å². The Morgan fingerprint density at radius 3 is 3.13 bits per heavy atom. The Morgan fingerprint density at radius 1 is 1.60 bits per heavy atom. The number of aromatic nitrogens is 1. The first kappa shape index (κ1) is 10.0. The normalized spacial score (nSPS) is 24.3. The van der Waals surface area contributed by atoms with Gasteiger partial charge in [-0.2, -0.15) is 0 Å². The number of H-pyrrole nitrogens is 1. The van der Waals surface area contributed by atoms with Gasteiger partial charge in [-0.15, -0.1) is 0 Å². The second kappa shape index (κ2) is 3.56. The van der Waals surface area contributed by atoms with Gasteiger partial charge in [0.15, 0.2) is 5.96 Å². The van der Waals surface area contributed by atoms with Gasteiger partial charge in [-0.3, -0.25) is 0 Å². The first-order valence-corrected chi connectivity index (χ1v) is 4.74. The van der Waals surface area contributed by atoms with Crippen LogP contribution in [0.4, 0.5) is 5.82 Å². The topological polar surface area (TPSA) is 101 Å². The summed E-state index contributed by atoms with van der Waals surface area (Å²) < 4.78 is 5.02. The van der Waals surface area contributed by atoms with E-state index in [0.29, 0.717) is 19.0 Å². The second-order valence-electron chi connectivity index (χ2n) is 3.56. The Kier molecular flexibility index (Phi) is 2.37. The van der Waals surface area contributed by atoms with E-state index in [1.165, 1.54) is 0 Å². The molecule has 1 aromatic rings. The standard InChI is InChI=1S/C9H15N5O/c1-15-5-3-9(11)6-2-4-12-7(6)13-8(10)14-9/h2,4,12H,3,5,11H2,1H3,(H3,10,13,14). The Labute approximate surface area is 87.7 Å². The lowest BCUT2D eigenvalue weighted by atomic mass is 9.98. The molecule has 0 saturated carbocycles. The van der Waals surface area contributed by atoms with Crippen molar-refractivity contribution < 1.29 is 4.74 Å². The number of aromatic amines is 1. The van der Waals surface area contributed by atoms with E-state index in [0.717, 1.165) is 11.4 Å². The van der Waals surface area contributed by atoms with Crippen molar-refractivity contribution in [3.05, 3.63) is 17.8 Å². The molecule has 1 atom stereocenters. The van der Waals surface area contributed by atoms with Crippen molar-refractivity contribution in [3.8, 4) is 0 Å². The van der Waals surface area contributed by atoms with Crippen LogP contribution in [-0.4, -0.2) is 24.7 Å². The number of nitrogens with one attached hydrogen (secondary N) is 2. The number of methoxy groups -OCH3 is 1. The summed E-state index contributed by atoms with van der Waals surface area (Å²) in [7, 11) is 1.63. The molecule has 0 aromatic carbocycles. The molecule has 6 heteroatoms. The van der Waals surface area contributed by atoms with Crippen molar-refractivity contribution in [1.82, 2.24) is 4.98 Å². The van der Waals surface area contributed by atoms with E-state index in [1.54, 1.807) is 13.3 Å². The third-order valence-electron chi connectivity index (χ3n) is 2.47. The molecule has 1 aliphatic rings. The predicted molar refractivity (Wildman–Crippen MR) is 58.4 cm³/mol. The first-order valence-electron chi connectivity index (χ1n) is 4.74. The molecule has 15 heavy (non-hydrogen) atoms. The number of aliphatic imine (C=N–C) groups is 1. The van der Waals surface area contributed by atoms with Crippen molar-refractivity contribution in [1.29, 1.82) is 0 Å². The molecule has 0 bridgehead atoms. The zero-order chi connectivity index (χ0) is 10.9. The van der Waals surface area contributed by atoms with Crippen LogP contribution in [0.15, 0.2) is 17.3 Å². The van der Waals surface area contributed by atoms with Crippen LogP contribution in [0.2, 0.25) is 0 Å². The number of hydrogen-bond donors (Lipinski definition) is 4. The van der Waals surface area contributed by atoms with E-state index in [9.17, 15) is 0 Å². The first-order chi connectivity index (χ1) is 7.15. The molecule has 0 fully saturated rings. The summed E-state index contributed by atoms with van der Waals surface area (Å²) in [6, 6.07) is 1.90. The molecule has 1 aromatic heterocycles. The zero-order valence-corrected chi connectivity index (χ0v) is 8.58. The van der Waals surface area contributed by atoms with E-state index >= 15 is 0 Å². The number of anilines is 1. The molecule has 2 heterocycles. The molecule has 0 amide bonds. The molecule has 0 aliphatic carbocycles. The number of rotatable bonds is 3. The van der Waals surface area contributed by atoms with Gasteiger partial charge in [-0.1, -0.05) is 0 Å². The van der Waals surface area contributed by atoms with Crippen LogP contribution in [0.5, 0.6) is 0 Å². The van der Waals surface area contributed by atoms with Gasteiger partial charge in [0, 0.05) is 25.3 Å². The van der Waals surface area contributed by atoms with Crippen LogP contribution < -0.4 is 16.8 Å². The molecule has 1 aliphatic heterocycles. The van der Waals surface area contributed by atoms with Crippen LogP contribution in [0, 0.1) is 0 Å². The van der Waals surface area contributed by atoms with E-state index in [4.69, 9.17) is 16.2 Å². The highest BCUT2D eigenvalue weighted by atomic mass is 16.5. The molecule has 0 spiro atoms. The molecule has 1 unspecified atom stereocenters. The summed E-state index contributed by atoms with van der Waals surface area (Å²) in [4.78, 5) is 7.25. The lowest BCUT2D eigenvalue weighted by Crippen LogP contribution is -2.43. The minimum Gasteiger partial charge on any atom is -0.385 e. The summed E-state index contributed by atoms with van der Waals surface area (Å²) in [5, 5.41) is 2.92. The lowest BCUT2D eigenvalue weighted by Gasteiger charge is -2.29. The second-order valence-corrected chi connectivity index (χ2v) is 3.56. The number of guanidine groups is 1. The molecular formula is C9H15N5O. The molecule has 6 nitrogen and oxygen atoms in total. The van der Waals surface area contributed by atoms with Gasteiger partial charge in [0.1, 0.15) is 11.5 Å². The summed E-state index contributed by atoms with van der Waals surface area (Å²) in [5.74, 6) is 1.13. The van der Waals surface area contributed by atoms with E-state index in [1.807, 2.05) is 6.07 Å². The highest BCUT2D eigenvalue weighted by molar-refractivity contribution is 5.94. The Bertz CT molecular complexity index is 386. The average molecular weight is 209 g/mol. The zero-order valence-electron chi connectivity index (χ0n) is 8.58. The van der Waals surface area contributed by atoms with Crippen molar-refractivity contribution in [2.24, 2.45) is 16.5 Å². The fourth-order valence-corrected chi connectivity index (χ4v) is 1.71. The van der Waals surface area contributed by atoms with Gasteiger partial charge in [-0.25, -0.2) is 4.99 Å². The summed E-state index contributed by atoms with van der Waals surface area (Å²) >= 11 is 0. The van der Waals surface area contributed by atoms with Gasteiger partial charge >= 0.3 is 0 Å². The van der Waals surface area contributed by atoms with Crippen molar-refractivity contribution in [3.63, 3.8) is 0 Å². The molecule has 0 saturated heterocycles. The van der Waals surface area contributed by atoms with Gasteiger partial charge in [0.05, 0.1) is 6.61 Å². The van der Waals surface area contributed by atoms with Gasteiger partial charge in [0.25, 0.3) is 0 Å². The Hall–Kier alpha value is -1.53. The van der Waals surface area contributed by atoms with E-state index in [2.05, 4.69) is 15.3 Å². The quantitative estimate of drug-likeness (QED) is 0.558. The third kappa shape index (κ3) is 1.69. The summed E-state index contributed by atoms with van der Waals surface area (Å²) in [6.45, 7) is 0.540. The molecule has 6 N–H and O–H groups in total. The van der Waals surface area contributed by atoms with Gasteiger partial charge < -0.3 is 26.5 Å². The van der Waals surface area contributed by atoms with Crippen LogP contribution in [-0.2, 0) is 10.4 Å². The largest absolute Gasteiger partial charge is 0.385 e. The smallest absolute Gasteiger partial charge is 0.196 e. The van der Waals surface area contributed by atoms with Gasteiger partial charge in [0.2, 0.25) is 0 Å². The van der Waals surface area contributed by atoms with Crippen molar-refractivity contribution in [2.75, 3.05) is 19.0 Å². The minimum atomic E-state index is -0.791. The highest BCUT2D eigenvalue weighted by Gasteiger charge is 2.33. The maximum absolute atomic E-state index is 6.18. The van der Waals surface area contributed by atoms with E-state index < -0.39 is 5.66 Å².